The van der Waals surface area contributed by atoms with E-state index in [1.54, 1.807) is 0 Å². The highest BCUT2D eigenvalue weighted by atomic mass is 16.4. The van der Waals surface area contributed by atoms with Gasteiger partial charge in [0.05, 0.1) is 6.42 Å². The minimum atomic E-state index is -0.656. The Balaban J connectivity index is 4.43. The first-order chi connectivity index (χ1) is 6.49. The van der Waals surface area contributed by atoms with E-state index in [9.17, 15) is 4.79 Å². The maximum Gasteiger partial charge on any atom is 0.303 e. The highest BCUT2D eigenvalue weighted by Gasteiger charge is 2.30. The molecule has 0 rings (SSSR count). The van der Waals surface area contributed by atoms with Crippen LogP contribution >= 0.6 is 0 Å². The van der Waals surface area contributed by atoms with Crippen molar-refractivity contribution in [1.82, 2.24) is 0 Å². The van der Waals surface area contributed by atoms with Crippen LogP contribution in [0, 0.1) is 11.3 Å². The average molecular weight is 200 g/mol. The predicted octanol–water partition coefficient (Wildman–Crippen LogP) is 3.70. The molecule has 0 aliphatic carbocycles. The van der Waals surface area contributed by atoms with Gasteiger partial charge in [0.25, 0.3) is 0 Å². The SMILES string of the molecule is CCC(C)CC(CC)(CC)CC(=O)O. The maximum absolute atomic E-state index is 10.8. The van der Waals surface area contributed by atoms with Crippen molar-refractivity contribution in [1.29, 1.82) is 0 Å². The van der Waals surface area contributed by atoms with Crippen LogP contribution in [0.25, 0.3) is 0 Å². The molecular formula is C12H24O2. The molecule has 0 aliphatic heterocycles. The molecular weight excluding hydrogens is 176 g/mol. The van der Waals surface area contributed by atoms with Gasteiger partial charge in [-0.05, 0) is 30.6 Å². The second-order valence-corrected chi connectivity index (χ2v) is 4.50. The summed E-state index contributed by atoms with van der Waals surface area (Å²) in [6.45, 7) is 8.59. The zero-order valence-electron chi connectivity index (χ0n) is 9.97. The van der Waals surface area contributed by atoms with Crippen LogP contribution in [-0.4, -0.2) is 11.1 Å². The van der Waals surface area contributed by atoms with Gasteiger partial charge in [0.2, 0.25) is 0 Å². The van der Waals surface area contributed by atoms with Gasteiger partial charge >= 0.3 is 5.97 Å². The zero-order chi connectivity index (χ0) is 11.2. The Hall–Kier alpha value is -0.530. The van der Waals surface area contributed by atoms with Crippen LogP contribution in [0.4, 0.5) is 0 Å². The van der Waals surface area contributed by atoms with Crippen molar-refractivity contribution in [3.05, 3.63) is 0 Å². The summed E-state index contributed by atoms with van der Waals surface area (Å²) in [5.74, 6) is -0.0220. The summed E-state index contributed by atoms with van der Waals surface area (Å²) in [6.07, 6.45) is 4.45. The van der Waals surface area contributed by atoms with E-state index in [2.05, 4.69) is 27.7 Å². The molecule has 0 heterocycles. The lowest BCUT2D eigenvalue weighted by molar-refractivity contribution is -0.140. The lowest BCUT2D eigenvalue weighted by Crippen LogP contribution is -2.25. The normalized spacial score (nSPS) is 14.0. The van der Waals surface area contributed by atoms with E-state index in [1.165, 1.54) is 0 Å². The molecule has 0 aromatic carbocycles. The fourth-order valence-electron chi connectivity index (χ4n) is 2.07. The summed E-state index contributed by atoms with van der Waals surface area (Å²) in [5.41, 5.74) is 0.0290. The van der Waals surface area contributed by atoms with Crippen LogP contribution in [0.3, 0.4) is 0 Å². The summed E-state index contributed by atoms with van der Waals surface area (Å²) in [5, 5.41) is 8.90. The zero-order valence-corrected chi connectivity index (χ0v) is 9.97. The Morgan fingerprint density at radius 3 is 2.07 bits per heavy atom. The molecule has 1 N–H and O–H groups in total. The minimum Gasteiger partial charge on any atom is -0.481 e. The number of carbonyl (C=O) groups is 1. The third-order valence-electron chi connectivity index (χ3n) is 3.50. The molecule has 0 aromatic heterocycles. The molecule has 0 radical (unpaired) electrons. The molecule has 1 unspecified atom stereocenters. The summed E-state index contributed by atoms with van der Waals surface area (Å²) in [7, 11) is 0. The average Bonchev–Trinajstić information content (AvgIpc) is 2.15. The summed E-state index contributed by atoms with van der Waals surface area (Å²) in [4.78, 5) is 10.8. The van der Waals surface area contributed by atoms with E-state index >= 15 is 0 Å². The first-order valence-corrected chi connectivity index (χ1v) is 5.71. The van der Waals surface area contributed by atoms with Gasteiger partial charge in [0, 0.05) is 0 Å². The van der Waals surface area contributed by atoms with Crippen molar-refractivity contribution in [3.8, 4) is 0 Å². The third-order valence-corrected chi connectivity index (χ3v) is 3.50. The van der Waals surface area contributed by atoms with E-state index in [0.29, 0.717) is 12.3 Å². The standard InChI is InChI=1S/C12H24O2/c1-5-10(4)8-12(6-2,7-3)9-11(13)14/h10H,5-9H2,1-4H3,(H,13,14). The molecule has 0 fully saturated rings. The molecule has 2 nitrogen and oxygen atoms in total. The van der Waals surface area contributed by atoms with Gasteiger partial charge in [-0.25, -0.2) is 0 Å². The molecule has 14 heavy (non-hydrogen) atoms. The molecule has 0 aliphatic rings. The van der Waals surface area contributed by atoms with Gasteiger partial charge in [-0.3, -0.25) is 4.79 Å². The van der Waals surface area contributed by atoms with Gasteiger partial charge in [-0.15, -0.1) is 0 Å². The Labute approximate surface area is 87.7 Å². The van der Waals surface area contributed by atoms with Crippen molar-refractivity contribution in [2.45, 2.75) is 59.8 Å². The first-order valence-electron chi connectivity index (χ1n) is 5.71. The van der Waals surface area contributed by atoms with Gasteiger partial charge in [0.1, 0.15) is 0 Å². The lowest BCUT2D eigenvalue weighted by atomic mass is 9.72. The van der Waals surface area contributed by atoms with Gasteiger partial charge in [-0.1, -0.05) is 34.1 Å². The minimum absolute atomic E-state index is 0.0290. The Kier molecular flexibility index (Phi) is 5.82. The first kappa shape index (κ1) is 13.5. The Morgan fingerprint density at radius 1 is 1.29 bits per heavy atom. The number of rotatable bonds is 7. The van der Waals surface area contributed by atoms with E-state index in [1.807, 2.05) is 0 Å². The van der Waals surface area contributed by atoms with Crippen LogP contribution in [-0.2, 0) is 4.79 Å². The molecule has 0 amide bonds. The monoisotopic (exact) mass is 200 g/mol. The predicted molar refractivity (Wildman–Crippen MR) is 59.3 cm³/mol. The number of carboxylic acid groups (broad SMARTS) is 1. The van der Waals surface area contributed by atoms with Gasteiger partial charge < -0.3 is 5.11 Å². The van der Waals surface area contributed by atoms with Crippen LogP contribution in [0.15, 0.2) is 0 Å². The summed E-state index contributed by atoms with van der Waals surface area (Å²) in [6, 6.07) is 0. The summed E-state index contributed by atoms with van der Waals surface area (Å²) >= 11 is 0. The highest BCUT2D eigenvalue weighted by Crippen LogP contribution is 2.38. The van der Waals surface area contributed by atoms with E-state index < -0.39 is 5.97 Å². The summed E-state index contributed by atoms with van der Waals surface area (Å²) < 4.78 is 0. The fraction of sp³-hybridized carbons (Fsp3) is 0.917. The molecule has 0 saturated heterocycles. The molecule has 0 aromatic rings. The van der Waals surface area contributed by atoms with Gasteiger partial charge in [-0.2, -0.15) is 0 Å². The fourth-order valence-corrected chi connectivity index (χ4v) is 2.07. The van der Waals surface area contributed by atoms with Crippen molar-refractivity contribution in [3.63, 3.8) is 0 Å². The molecule has 0 spiro atoms. The topological polar surface area (TPSA) is 37.3 Å². The number of hydrogen-bond acceptors (Lipinski definition) is 1. The molecule has 0 saturated carbocycles. The lowest BCUT2D eigenvalue weighted by Gasteiger charge is -2.32. The largest absolute Gasteiger partial charge is 0.481 e. The third kappa shape index (κ3) is 4.12. The van der Waals surface area contributed by atoms with E-state index in [4.69, 9.17) is 5.11 Å². The quantitative estimate of drug-likeness (QED) is 0.680. The van der Waals surface area contributed by atoms with Gasteiger partial charge in [0.15, 0.2) is 0 Å². The van der Waals surface area contributed by atoms with Crippen molar-refractivity contribution < 1.29 is 9.90 Å². The van der Waals surface area contributed by atoms with Crippen molar-refractivity contribution in [2.24, 2.45) is 11.3 Å². The second-order valence-electron chi connectivity index (χ2n) is 4.50. The van der Waals surface area contributed by atoms with Crippen molar-refractivity contribution >= 4 is 5.97 Å². The number of carboxylic acids is 1. The van der Waals surface area contributed by atoms with E-state index in [0.717, 1.165) is 25.7 Å². The smallest absolute Gasteiger partial charge is 0.303 e. The van der Waals surface area contributed by atoms with Crippen LogP contribution in [0.1, 0.15) is 59.8 Å². The van der Waals surface area contributed by atoms with Crippen LogP contribution < -0.4 is 0 Å². The molecule has 84 valence electrons. The van der Waals surface area contributed by atoms with Crippen molar-refractivity contribution in [2.75, 3.05) is 0 Å². The molecule has 2 heteroatoms. The van der Waals surface area contributed by atoms with Crippen LogP contribution in [0.5, 0.6) is 0 Å². The highest BCUT2D eigenvalue weighted by molar-refractivity contribution is 5.67. The van der Waals surface area contributed by atoms with Crippen LogP contribution in [0.2, 0.25) is 0 Å². The number of aliphatic carboxylic acids is 1. The molecule has 1 atom stereocenters. The Morgan fingerprint density at radius 2 is 1.79 bits per heavy atom. The maximum atomic E-state index is 10.8. The van der Waals surface area contributed by atoms with E-state index in [-0.39, 0.29) is 5.41 Å². The Bertz CT molecular complexity index is 171. The number of hydrogen-bond donors (Lipinski definition) is 1. The second kappa shape index (κ2) is 6.05. The molecule has 0 bridgehead atoms.